The largest absolute Gasteiger partial charge is 0.493 e. The molecule has 6 heteroatoms. The number of carboxylic acids is 1. The van der Waals surface area contributed by atoms with Crippen LogP contribution in [0.15, 0.2) is 12.1 Å². The molecule has 20 heavy (non-hydrogen) atoms. The first kappa shape index (κ1) is 14.2. The molecular formula is C14H18N2O4. The number of carbonyl (C=O) groups is 1. The van der Waals surface area contributed by atoms with E-state index < -0.39 is 5.97 Å². The number of fused-ring (bicyclic) bond motifs is 1. The molecule has 0 aliphatic rings. The highest BCUT2D eigenvalue weighted by molar-refractivity contribution is 5.82. The van der Waals surface area contributed by atoms with Gasteiger partial charge in [0.15, 0.2) is 11.5 Å². The Balaban J connectivity index is 2.64. The van der Waals surface area contributed by atoms with E-state index in [1.165, 1.54) is 0 Å². The van der Waals surface area contributed by atoms with Crippen molar-refractivity contribution < 1.29 is 19.4 Å². The van der Waals surface area contributed by atoms with Crippen LogP contribution in [0.2, 0.25) is 0 Å². The SMILES string of the molecule is CCCc1nc2cc(OC)c(OC)cc2n1CC(=O)O. The Morgan fingerprint density at radius 2 is 1.95 bits per heavy atom. The quantitative estimate of drug-likeness (QED) is 0.875. The molecule has 6 nitrogen and oxygen atoms in total. The Labute approximate surface area is 116 Å². The number of nitrogens with zero attached hydrogens (tertiary/aromatic N) is 2. The van der Waals surface area contributed by atoms with Gasteiger partial charge in [-0.25, -0.2) is 4.98 Å². The topological polar surface area (TPSA) is 73.6 Å². The fraction of sp³-hybridized carbons (Fsp3) is 0.429. The maximum Gasteiger partial charge on any atom is 0.323 e. The number of aliphatic carboxylic acids is 1. The van der Waals surface area contributed by atoms with Gasteiger partial charge in [0.05, 0.1) is 25.3 Å². The summed E-state index contributed by atoms with van der Waals surface area (Å²) < 4.78 is 12.2. The number of methoxy groups -OCH3 is 2. The van der Waals surface area contributed by atoms with Gasteiger partial charge in [-0.15, -0.1) is 0 Å². The second-order valence-corrected chi connectivity index (χ2v) is 4.45. The number of benzene rings is 1. The van der Waals surface area contributed by atoms with Gasteiger partial charge in [-0.1, -0.05) is 6.92 Å². The van der Waals surface area contributed by atoms with Gasteiger partial charge < -0.3 is 19.1 Å². The summed E-state index contributed by atoms with van der Waals surface area (Å²) in [5.41, 5.74) is 1.46. The second-order valence-electron chi connectivity index (χ2n) is 4.45. The Kier molecular flexibility index (Phi) is 4.12. The van der Waals surface area contributed by atoms with Crippen molar-refractivity contribution in [2.45, 2.75) is 26.3 Å². The van der Waals surface area contributed by atoms with E-state index in [9.17, 15) is 4.79 Å². The van der Waals surface area contributed by atoms with E-state index in [1.807, 2.05) is 6.92 Å². The first-order valence-corrected chi connectivity index (χ1v) is 6.43. The van der Waals surface area contributed by atoms with Crippen molar-refractivity contribution in [2.75, 3.05) is 14.2 Å². The van der Waals surface area contributed by atoms with E-state index in [0.717, 1.165) is 24.2 Å². The molecule has 2 aromatic rings. The predicted octanol–water partition coefficient (Wildman–Crippen LogP) is 2.09. The smallest absolute Gasteiger partial charge is 0.323 e. The summed E-state index contributed by atoms with van der Waals surface area (Å²) in [6, 6.07) is 3.54. The molecule has 0 bridgehead atoms. The van der Waals surface area contributed by atoms with E-state index in [4.69, 9.17) is 14.6 Å². The zero-order valence-corrected chi connectivity index (χ0v) is 11.8. The summed E-state index contributed by atoms with van der Waals surface area (Å²) in [5, 5.41) is 9.06. The van der Waals surface area contributed by atoms with Gasteiger partial charge in [0.2, 0.25) is 0 Å². The maximum atomic E-state index is 11.0. The molecule has 0 aliphatic carbocycles. The van der Waals surface area contributed by atoms with Crippen molar-refractivity contribution in [3.05, 3.63) is 18.0 Å². The van der Waals surface area contributed by atoms with E-state index in [2.05, 4.69) is 4.98 Å². The molecule has 0 spiro atoms. The number of hydrogen-bond acceptors (Lipinski definition) is 4. The van der Waals surface area contributed by atoms with Crippen LogP contribution in [0.25, 0.3) is 11.0 Å². The lowest BCUT2D eigenvalue weighted by Crippen LogP contribution is -2.11. The van der Waals surface area contributed by atoms with Crippen molar-refractivity contribution in [3.63, 3.8) is 0 Å². The van der Waals surface area contributed by atoms with E-state index in [0.29, 0.717) is 17.0 Å². The number of ether oxygens (including phenoxy) is 2. The van der Waals surface area contributed by atoms with Crippen LogP contribution in [-0.4, -0.2) is 34.8 Å². The normalized spacial score (nSPS) is 10.8. The third-order valence-electron chi connectivity index (χ3n) is 3.10. The van der Waals surface area contributed by atoms with Crippen LogP contribution in [0.1, 0.15) is 19.2 Å². The predicted molar refractivity (Wildman–Crippen MR) is 74.5 cm³/mol. The van der Waals surface area contributed by atoms with Crippen molar-refractivity contribution in [2.24, 2.45) is 0 Å². The van der Waals surface area contributed by atoms with Crippen molar-refractivity contribution >= 4 is 17.0 Å². The Bertz CT molecular complexity index is 634. The van der Waals surface area contributed by atoms with Gasteiger partial charge in [-0.05, 0) is 6.42 Å². The van der Waals surface area contributed by atoms with Gasteiger partial charge in [0.1, 0.15) is 12.4 Å². The molecule has 0 saturated carbocycles. The van der Waals surface area contributed by atoms with Crippen molar-refractivity contribution in [1.29, 1.82) is 0 Å². The molecule has 0 aliphatic heterocycles. The van der Waals surface area contributed by atoms with Crippen LogP contribution >= 0.6 is 0 Å². The highest BCUT2D eigenvalue weighted by atomic mass is 16.5. The number of carboxylic acid groups (broad SMARTS) is 1. The fourth-order valence-electron chi connectivity index (χ4n) is 2.23. The standard InChI is InChI=1S/C14H18N2O4/c1-4-5-13-15-9-6-11(19-2)12(20-3)7-10(9)16(13)8-14(17)18/h6-7H,4-5,8H2,1-3H3,(H,17,18). The third-order valence-corrected chi connectivity index (χ3v) is 3.10. The average Bonchev–Trinajstić information content (AvgIpc) is 2.74. The molecule has 2 rings (SSSR count). The second kappa shape index (κ2) is 5.81. The van der Waals surface area contributed by atoms with Gasteiger partial charge in [-0.2, -0.15) is 0 Å². The first-order chi connectivity index (χ1) is 9.60. The minimum Gasteiger partial charge on any atom is -0.493 e. The molecule has 0 fully saturated rings. The summed E-state index contributed by atoms with van der Waals surface area (Å²) in [4.78, 5) is 15.5. The lowest BCUT2D eigenvalue weighted by molar-refractivity contribution is -0.137. The summed E-state index contributed by atoms with van der Waals surface area (Å²) in [6.45, 7) is 1.92. The molecule has 1 N–H and O–H groups in total. The van der Waals surface area contributed by atoms with Crippen LogP contribution in [-0.2, 0) is 17.8 Å². The Morgan fingerprint density at radius 3 is 2.50 bits per heavy atom. The van der Waals surface area contributed by atoms with Crippen LogP contribution in [0.3, 0.4) is 0 Å². The highest BCUT2D eigenvalue weighted by Crippen LogP contribution is 2.32. The third kappa shape index (κ3) is 2.54. The van der Waals surface area contributed by atoms with Gasteiger partial charge in [-0.3, -0.25) is 4.79 Å². The Morgan fingerprint density at radius 1 is 1.30 bits per heavy atom. The molecule has 1 aromatic carbocycles. The highest BCUT2D eigenvalue weighted by Gasteiger charge is 2.16. The molecule has 0 saturated heterocycles. The minimum atomic E-state index is -0.892. The molecule has 0 atom stereocenters. The average molecular weight is 278 g/mol. The summed E-state index contributed by atoms with van der Waals surface area (Å²) in [7, 11) is 3.11. The van der Waals surface area contributed by atoms with Crippen LogP contribution in [0, 0.1) is 0 Å². The van der Waals surface area contributed by atoms with Gasteiger partial charge >= 0.3 is 5.97 Å². The molecule has 1 heterocycles. The van der Waals surface area contributed by atoms with E-state index in [1.54, 1.807) is 30.9 Å². The molecule has 0 radical (unpaired) electrons. The van der Waals surface area contributed by atoms with Crippen molar-refractivity contribution in [3.8, 4) is 11.5 Å². The van der Waals surface area contributed by atoms with Gasteiger partial charge in [0, 0.05) is 18.6 Å². The Hall–Kier alpha value is -2.24. The number of hydrogen-bond donors (Lipinski definition) is 1. The first-order valence-electron chi connectivity index (χ1n) is 6.43. The van der Waals surface area contributed by atoms with Crippen LogP contribution in [0.5, 0.6) is 11.5 Å². The van der Waals surface area contributed by atoms with Gasteiger partial charge in [0.25, 0.3) is 0 Å². The maximum absolute atomic E-state index is 11.0. The minimum absolute atomic E-state index is 0.110. The van der Waals surface area contributed by atoms with Crippen LogP contribution in [0.4, 0.5) is 0 Å². The summed E-state index contributed by atoms with van der Waals surface area (Å²) in [5.74, 6) is 1.02. The zero-order valence-electron chi connectivity index (χ0n) is 11.8. The van der Waals surface area contributed by atoms with E-state index >= 15 is 0 Å². The van der Waals surface area contributed by atoms with E-state index in [-0.39, 0.29) is 6.54 Å². The number of aromatic nitrogens is 2. The molecule has 0 unspecified atom stereocenters. The number of rotatable bonds is 6. The summed E-state index contributed by atoms with van der Waals surface area (Å²) >= 11 is 0. The zero-order chi connectivity index (χ0) is 14.7. The molecular weight excluding hydrogens is 260 g/mol. The monoisotopic (exact) mass is 278 g/mol. The lowest BCUT2D eigenvalue weighted by Gasteiger charge is -2.09. The number of aryl methyl sites for hydroxylation is 1. The van der Waals surface area contributed by atoms with Crippen LogP contribution < -0.4 is 9.47 Å². The molecule has 108 valence electrons. The molecule has 1 aromatic heterocycles. The lowest BCUT2D eigenvalue weighted by atomic mass is 10.2. The fourth-order valence-corrected chi connectivity index (χ4v) is 2.23. The number of imidazole rings is 1. The molecule has 0 amide bonds. The summed E-state index contributed by atoms with van der Waals surface area (Å²) in [6.07, 6.45) is 1.63. The van der Waals surface area contributed by atoms with Crippen molar-refractivity contribution in [1.82, 2.24) is 9.55 Å².